The minimum atomic E-state index is -0.234. The number of hydrogen-bond donors (Lipinski definition) is 1. The average Bonchev–Trinajstić information content (AvgIpc) is 3.05. The maximum Gasteiger partial charge on any atom is 0.160 e. The third-order valence-corrected chi connectivity index (χ3v) is 4.07. The molecule has 0 bridgehead atoms. The van der Waals surface area contributed by atoms with Gasteiger partial charge >= 0.3 is 0 Å². The molecule has 5 heteroatoms. The van der Waals surface area contributed by atoms with Crippen LogP contribution in [-0.4, -0.2) is 19.7 Å². The molecule has 1 aliphatic rings. The monoisotopic (exact) mass is 284 g/mol. The zero-order valence-electron chi connectivity index (χ0n) is 11.9. The molecule has 1 N–H and O–H groups in total. The first kappa shape index (κ1) is 12.6. The van der Waals surface area contributed by atoms with Crippen LogP contribution < -0.4 is 0 Å². The van der Waals surface area contributed by atoms with E-state index >= 15 is 0 Å². The van der Waals surface area contributed by atoms with Gasteiger partial charge in [0.25, 0.3) is 0 Å². The highest BCUT2D eigenvalue weighted by Crippen LogP contribution is 2.33. The summed E-state index contributed by atoms with van der Waals surface area (Å²) in [6.07, 6.45) is 5.45. The van der Waals surface area contributed by atoms with Crippen molar-refractivity contribution in [3.63, 3.8) is 0 Å². The molecule has 0 atom stereocenters. The molecule has 0 saturated heterocycles. The number of nitrogens with one attached hydrogen (secondary N) is 1. The Morgan fingerprint density at radius 2 is 2.24 bits per heavy atom. The van der Waals surface area contributed by atoms with Crippen LogP contribution in [0.2, 0.25) is 0 Å². The van der Waals surface area contributed by atoms with E-state index < -0.39 is 0 Å². The summed E-state index contributed by atoms with van der Waals surface area (Å²) in [5.41, 5.74) is 1.78. The van der Waals surface area contributed by atoms with Crippen molar-refractivity contribution >= 4 is 10.9 Å². The second-order valence-electron chi connectivity index (χ2n) is 5.71. The molecule has 2 heterocycles. The predicted octanol–water partition coefficient (Wildman–Crippen LogP) is 3.54. The molecular weight excluding hydrogens is 267 g/mol. The van der Waals surface area contributed by atoms with E-state index in [0.717, 1.165) is 47.0 Å². The van der Waals surface area contributed by atoms with Crippen LogP contribution >= 0.6 is 0 Å². The van der Waals surface area contributed by atoms with Crippen LogP contribution in [0.25, 0.3) is 22.3 Å². The van der Waals surface area contributed by atoms with Crippen molar-refractivity contribution in [3.8, 4) is 11.4 Å². The van der Waals surface area contributed by atoms with Crippen molar-refractivity contribution in [1.82, 2.24) is 19.7 Å². The Balaban J connectivity index is 1.81. The molecular formula is C16H17FN4. The standard InChI is InChI=1S/C16H17FN4/c1-2-21-16(19-15(20-21)7-10-3-4-10)13-9-18-14-8-11(17)5-6-12(13)14/h5-6,8-10,18H,2-4,7H2,1H3. The van der Waals surface area contributed by atoms with E-state index in [1.807, 2.05) is 10.9 Å². The molecule has 1 aliphatic carbocycles. The lowest BCUT2D eigenvalue weighted by atomic mass is 10.1. The first-order valence-electron chi connectivity index (χ1n) is 7.45. The molecule has 108 valence electrons. The molecule has 0 aliphatic heterocycles. The summed E-state index contributed by atoms with van der Waals surface area (Å²) in [5, 5.41) is 5.59. The maximum absolute atomic E-state index is 13.3. The fourth-order valence-electron chi connectivity index (χ4n) is 2.76. The van der Waals surface area contributed by atoms with Crippen LogP contribution in [0.3, 0.4) is 0 Å². The molecule has 2 aromatic heterocycles. The van der Waals surface area contributed by atoms with Crippen LogP contribution in [0.5, 0.6) is 0 Å². The fraction of sp³-hybridized carbons (Fsp3) is 0.375. The fourth-order valence-corrected chi connectivity index (χ4v) is 2.76. The minimum absolute atomic E-state index is 0.234. The number of halogens is 1. The number of aromatic amines is 1. The summed E-state index contributed by atoms with van der Waals surface area (Å²) < 4.78 is 15.2. The molecule has 1 saturated carbocycles. The number of aromatic nitrogens is 4. The molecule has 4 nitrogen and oxygen atoms in total. The SMILES string of the molecule is CCn1nc(CC2CC2)nc1-c1c[nH]c2cc(F)ccc12. The van der Waals surface area contributed by atoms with Gasteiger partial charge in [0.05, 0.1) is 0 Å². The van der Waals surface area contributed by atoms with Gasteiger partial charge in [-0.05, 0) is 43.9 Å². The van der Waals surface area contributed by atoms with E-state index in [-0.39, 0.29) is 5.82 Å². The van der Waals surface area contributed by atoms with Crippen LogP contribution in [0.15, 0.2) is 24.4 Å². The van der Waals surface area contributed by atoms with Crippen molar-refractivity contribution in [1.29, 1.82) is 0 Å². The first-order valence-corrected chi connectivity index (χ1v) is 7.45. The van der Waals surface area contributed by atoms with Gasteiger partial charge in [-0.3, -0.25) is 0 Å². The summed E-state index contributed by atoms with van der Waals surface area (Å²) >= 11 is 0. The highest BCUT2D eigenvalue weighted by Gasteiger charge is 2.24. The van der Waals surface area contributed by atoms with Gasteiger partial charge in [-0.1, -0.05) is 0 Å². The average molecular weight is 284 g/mol. The van der Waals surface area contributed by atoms with Crippen LogP contribution in [0, 0.1) is 11.7 Å². The molecule has 21 heavy (non-hydrogen) atoms. The summed E-state index contributed by atoms with van der Waals surface area (Å²) in [6, 6.07) is 4.79. The number of benzene rings is 1. The van der Waals surface area contributed by atoms with Crippen molar-refractivity contribution in [2.24, 2.45) is 5.92 Å². The van der Waals surface area contributed by atoms with Gasteiger partial charge in [0.15, 0.2) is 11.6 Å². The first-order chi connectivity index (χ1) is 10.2. The van der Waals surface area contributed by atoms with Crippen LogP contribution in [0.1, 0.15) is 25.6 Å². The Hall–Kier alpha value is -2.17. The minimum Gasteiger partial charge on any atom is -0.360 e. The molecule has 1 fully saturated rings. The number of aryl methyl sites for hydroxylation is 1. The van der Waals surface area contributed by atoms with Gasteiger partial charge in [-0.15, -0.1) is 0 Å². The van der Waals surface area contributed by atoms with Gasteiger partial charge in [-0.25, -0.2) is 14.1 Å². The second kappa shape index (κ2) is 4.69. The quantitative estimate of drug-likeness (QED) is 0.796. The van der Waals surface area contributed by atoms with E-state index in [2.05, 4.69) is 17.0 Å². The molecule has 0 unspecified atom stereocenters. The number of H-pyrrole nitrogens is 1. The maximum atomic E-state index is 13.3. The topological polar surface area (TPSA) is 46.5 Å². The Labute approximate surface area is 122 Å². The van der Waals surface area contributed by atoms with E-state index in [0.29, 0.717) is 0 Å². The zero-order chi connectivity index (χ0) is 14.4. The van der Waals surface area contributed by atoms with E-state index in [1.54, 1.807) is 6.07 Å². The van der Waals surface area contributed by atoms with Gasteiger partial charge in [0, 0.05) is 35.6 Å². The van der Waals surface area contributed by atoms with E-state index in [4.69, 9.17) is 4.98 Å². The Bertz CT molecular complexity index is 798. The highest BCUT2D eigenvalue weighted by atomic mass is 19.1. The van der Waals surface area contributed by atoms with Crippen LogP contribution in [0.4, 0.5) is 4.39 Å². The molecule has 0 radical (unpaired) electrons. The molecule has 0 amide bonds. The van der Waals surface area contributed by atoms with Gasteiger partial charge < -0.3 is 4.98 Å². The second-order valence-corrected chi connectivity index (χ2v) is 5.71. The largest absolute Gasteiger partial charge is 0.360 e. The Kier molecular flexibility index (Phi) is 2.80. The third-order valence-electron chi connectivity index (χ3n) is 4.07. The zero-order valence-corrected chi connectivity index (χ0v) is 11.9. The smallest absolute Gasteiger partial charge is 0.160 e. The van der Waals surface area contributed by atoms with Crippen LogP contribution in [-0.2, 0) is 13.0 Å². The third kappa shape index (κ3) is 2.22. The number of nitrogens with zero attached hydrogens (tertiary/aromatic N) is 3. The van der Waals surface area contributed by atoms with Gasteiger partial charge in [-0.2, -0.15) is 5.10 Å². The van der Waals surface area contributed by atoms with E-state index in [9.17, 15) is 4.39 Å². The van der Waals surface area contributed by atoms with E-state index in [1.165, 1.54) is 25.0 Å². The summed E-state index contributed by atoms with van der Waals surface area (Å²) in [5.74, 6) is 2.32. The summed E-state index contributed by atoms with van der Waals surface area (Å²) in [7, 11) is 0. The molecule has 0 spiro atoms. The molecule has 3 aromatic rings. The lowest BCUT2D eigenvalue weighted by Gasteiger charge is -2.01. The van der Waals surface area contributed by atoms with Crippen molar-refractivity contribution < 1.29 is 4.39 Å². The van der Waals surface area contributed by atoms with Gasteiger partial charge in [0.1, 0.15) is 5.82 Å². The Morgan fingerprint density at radius 3 is 3.00 bits per heavy atom. The molecule has 1 aromatic carbocycles. The lowest BCUT2D eigenvalue weighted by molar-refractivity contribution is 0.629. The normalized spacial score (nSPS) is 15.0. The Morgan fingerprint density at radius 1 is 1.38 bits per heavy atom. The molecule has 4 rings (SSSR count). The van der Waals surface area contributed by atoms with Crippen molar-refractivity contribution in [3.05, 3.63) is 36.0 Å². The summed E-state index contributed by atoms with van der Waals surface area (Å²) in [4.78, 5) is 7.83. The lowest BCUT2D eigenvalue weighted by Crippen LogP contribution is -2.00. The van der Waals surface area contributed by atoms with Gasteiger partial charge in [0.2, 0.25) is 0 Å². The summed E-state index contributed by atoms with van der Waals surface area (Å²) in [6.45, 7) is 2.84. The number of fused-ring (bicyclic) bond motifs is 1. The highest BCUT2D eigenvalue weighted by molar-refractivity contribution is 5.93. The number of rotatable bonds is 4. The van der Waals surface area contributed by atoms with Crippen molar-refractivity contribution in [2.45, 2.75) is 32.7 Å². The van der Waals surface area contributed by atoms with Crippen molar-refractivity contribution in [2.75, 3.05) is 0 Å². The predicted molar refractivity (Wildman–Crippen MR) is 79.4 cm³/mol. The number of hydrogen-bond acceptors (Lipinski definition) is 2.